The Bertz CT molecular complexity index is 868. The SMILES string of the molecule is COc1cc(NC(=O)COC(=O)c2ccccc2Cl)c(C)cc1[N+](=O)[O-]. The quantitative estimate of drug-likeness (QED) is 0.469. The van der Waals surface area contributed by atoms with Crippen LogP contribution in [0.5, 0.6) is 5.75 Å². The molecule has 136 valence electrons. The molecule has 9 heteroatoms. The number of amides is 1. The molecule has 0 aliphatic heterocycles. The molecule has 1 amide bonds. The maximum atomic E-state index is 12.0. The molecule has 0 aliphatic carbocycles. The van der Waals surface area contributed by atoms with Crippen molar-refractivity contribution in [1.29, 1.82) is 0 Å². The molecule has 1 N–H and O–H groups in total. The van der Waals surface area contributed by atoms with Gasteiger partial charge in [0.1, 0.15) is 0 Å². The zero-order valence-electron chi connectivity index (χ0n) is 13.9. The molecule has 0 spiro atoms. The number of aryl methyl sites for hydroxylation is 1. The third-order valence-electron chi connectivity index (χ3n) is 3.42. The Morgan fingerprint density at radius 1 is 1.27 bits per heavy atom. The number of halogens is 1. The van der Waals surface area contributed by atoms with Gasteiger partial charge in [-0.25, -0.2) is 4.79 Å². The van der Waals surface area contributed by atoms with E-state index in [-0.39, 0.29) is 22.0 Å². The van der Waals surface area contributed by atoms with E-state index in [0.717, 1.165) is 0 Å². The van der Waals surface area contributed by atoms with Crippen molar-refractivity contribution in [3.63, 3.8) is 0 Å². The molecule has 0 radical (unpaired) electrons. The number of rotatable bonds is 6. The number of hydrogen-bond acceptors (Lipinski definition) is 6. The van der Waals surface area contributed by atoms with E-state index >= 15 is 0 Å². The molecule has 0 heterocycles. The van der Waals surface area contributed by atoms with Crippen molar-refractivity contribution < 1.29 is 24.0 Å². The van der Waals surface area contributed by atoms with Gasteiger partial charge < -0.3 is 14.8 Å². The molecular formula is C17H15ClN2O6. The predicted octanol–water partition coefficient (Wildman–Crippen LogP) is 3.36. The first-order valence-electron chi connectivity index (χ1n) is 7.38. The van der Waals surface area contributed by atoms with Crippen LogP contribution in [-0.2, 0) is 9.53 Å². The van der Waals surface area contributed by atoms with Crippen LogP contribution in [0.4, 0.5) is 11.4 Å². The summed E-state index contributed by atoms with van der Waals surface area (Å²) in [5, 5.41) is 13.7. The summed E-state index contributed by atoms with van der Waals surface area (Å²) in [6, 6.07) is 8.91. The van der Waals surface area contributed by atoms with Gasteiger partial charge in [-0.2, -0.15) is 0 Å². The van der Waals surface area contributed by atoms with Gasteiger partial charge in [-0.1, -0.05) is 23.7 Å². The van der Waals surface area contributed by atoms with Gasteiger partial charge in [0.25, 0.3) is 5.91 Å². The Morgan fingerprint density at radius 3 is 2.58 bits per heavy atom. The van der Waals surface area contributed by atoms with E-state index < -0.39 is 23.4 Å². The Labute approximate surface area is 153 Å². The number of ether oxygens (including phenoxy) is 2. The first-order valence-corrected chi connectivity index (χ1v) is 7.75. The highest BCUT2D eigenvalue weighted by Gasteiger charge is 2.19. The normalized spacial score (nSPS) is 10.1. The molecule has 0 aromatic heterocycles. The van der Waals surface area contributed by atoms with E-state index in [1.165, 1.54) is 31.4 Å². The minimum absolute atomic E-state index is 0.00367. The molecule has 8 nitrogen and oxygen atoms in total. The summed E-state index contributed by atoms with van der Waals surface area (Å²) >= 11 is 5.89. The molecule has 0 atom stereocenters. The predicted molar refractivity (Wildman–Crippen MR) is 94.7 cm³/mol. The fraction of sp³-hybridized carbons (Fsp3) is 0.176. The molecule has 0 fully saturated rings. The van der Waals surface area contributed by atoms with Gasteiger partial charge in [0.05, 0.1) is 22.6 Å². The lowest BCUT2D eigenvalue weighted by atomic mass is 10.1. The number of nitrogens with one attached hydrogen (secondary N) is 1. The first kappa shape index (κ1) is 19.2. The van der Waals surface area contributed by atoms with E-state index in [2.05, 4.69) is 5.32 Å². The Hall–Kier alpha value is -3.13. The van der Waals surface area contributed by atoms with Crippen LogP contribution in [0.3, 0.4) is 0 Å². The number of nitrogens with zero attached hydrogens (tertiary/aromatic N) is 1. The fourth-order valence-corrected chi connectivity index (χ4v) is 2.35. The molecule has 0 aliphatic rings. The Morgan fingerprint density at radius 2 is 1.96 bits per heavy atom. The number of carbonyl (C=O) groups is 2. The molecule has 26 heavy (non-hydrogen) atoms. The van der Waals surface area contributed by atoms with E-state index in [1.807, 2.05) is 0 Å². The number of esters is 1. The van der Waals surface area contributed by atoms with E-state index in [1.54, 1.807) is 19.1 Å². The monoisotopic (exact) mass is 378 g/mol. The number of methoxy groups -OCH3 is 1. The Kier molecular flexibility index (Phi) is 6.13. The Balaban J connectivity index is 2.05. The summed E-state index contributed by atoms with van der Waals surface area (Å²) in [6.07, 6.45) is 0. The third kappa shape index (κ3) is 4.48. The van der Waals surface area contributed by atoms with Gasteiger partial charge in [0.2, 0.25) is 0 Å². The summed E-state index contributed by atoms with van der Waals surface area (Å²) in [5.41, 5.74) is 0.706. The van der Waals surface area contributed by atoms with Crippen molar-refractivity contribution in [2.45, 2.75) is 6.92 Å². The minimum atomic E-state index is -0.733. The molecule has 0 saturated heterocycles. The summed E-state index contributed by atoms with van der Waals surface area (Å²) < 4.78 is 9.89. The van der Waals surface area contributed by atoms with Crippen molar-refractivity contribution in [1.82, 2.24) is 0 Å². The van der Waals surface area contributed by atoms with Gasteiger partial charge >= 0.3 is 11.7 Å². The second kappa shape index (κ2) is 8.30. The highest BCUT2D eigenvalue weighted by molar-refractivity contribution is 6.33. The average Bonchev–Trinajstić information content (AvgIpc) is 2.61. The number of benzene rings is 2. The van der Waals surface area contributed by atoms with Crippen molar-refractivity contribution in [3.05, 3.63) is 62.7 Å². The van der Waals surface area contributed by atoms with Gasteiger partial charge in [0, 0.05) is 17.8 Å². The first-order chi connectivity index (χ1) is 12.3. The van der Waals surface area contributed by atoms with Crippen LogP contribution in [-0.4, -0.2) is 30.5 Å². The van der Waals surface area contributed by atoms with Crippen molar-refractivity contribution in [3.8, 4) is 5.75 Å². The van der Waals surface area contributed by atoms with Crippen LogP contribution in [0.15, 0.2) is 36.4 Å². The van der Waals surface area contributed by atoms with Crippen LogP contribution in [0, 0.1) is 17.0 Å². The smallest absolute Gasteiger partial charge is 0.340 e. The molecule has 0 saturated carbocycles. The molecule has 0 bridgehead atoms. The average molecular weight is 379 g/mol. The number of hydrogen-bond donors (Lipinski definition) is 1. The fourth-order valence-electron chi connectivity index (χ4n) is 2.14. The third-order valence-corrected chi connectivity index (χ3v) is 3.75. The zero-order chi connectivity index (χ0) is 19.3. The standard InChI is InChI=1S/C17H15ClN2O6/c1-10-7-14(20(23)24)15(25-2)8-13(10)19-16(21)9-26-17(22)11-5-3-4-6-12(11)18/h3-8H,9H2,1-2H3,(H,19,21). The van der Waals surface area contributed by atoms with Crippen molar-refractivity contribution >= 4 is 34.9 Å². The minimum Gasteiger partial charge on any atom is -0.490 e. The van der Waals surface area contributed by atoms with Gasteiger partial charge in [0.15, 0.2) is 12.4 Å². The molecule has 0 unspecified atom stereocenters. The van der Waals surface area contributed by atoms with Crippen LogP contribution >= 0.6 is 11.6 Å². The summed E-state index contributed by atoms with van der Waals surface area (Å²) in [5.74, 6) is -1.34. The number of nitro groups is 1. The topological polar surface area (TPSA) is 108 Å². The second-order valence-corrected chi connectivity index (χ2v) is 5.61. The highest BCUT2D eigenvalue weighted by Crippen LogP contribution is 2.32. The van der Waals surface area contributed by atoms with Crippen LogP contribution in [0.2, 0.25) is 5.02 Å². The maximum Gasteiger partial charge on any atom is 0.340 e. The molecular weight excluding hydrogens is 364 g/mol. The maximum absolute atomic E-state index is 12.0. The van der Waals surface area contributed by atoms with Crippen molar-refractivity contribution in [2.75, 3.05) is 19.0 Å². The number of nitro benzene ring substituents is 1. The van der Waals surface area contributed by atoms with Gasteiger partial charge in [-0.05, 0) is 24.6 Å². The number of anilines is 1. The van der Waals surface area contributed by atoms with Crippen LogP contribution in [0.25, 0.3) is 0 Å². The lowest BCUT2D eigenvalue weighted by Crippen LogP contribution is -2.21. The van der Waals surface area contributed by atoms with Gasteiger partial charge in [-0.15, -0.1) is 0 Å². The second-order valence-electron chi connectivity index (χ2n) is 5.20. The molecule has 2 aromatic carbocycles. The van der Waals surface area contributed by atoms with Crippen molar-refractivity contribution in [2.24, 2.45) is 0 Å². The van der Waals surface area contributed by atoms with E-state index in [9.17, 15) is 19.7 Å². The number of carbonyl (C=O) groups excluding carboxylic acids is 2. The lowest BCUT2D eigenvalue weighted by molar-refractivity contribution is -0.385. The molecule has 2 rings (SSSR count). The summed E-state index contributed by atoms with van der Waals surface area (Å²) in [7, 11) is 1.29. The lowest BCUT2D eigenvalue weighted by Gasteiger charge is -2.11. The summed E-state index contributed by atoms with van der Waals surface area (Å²) in [6.45, 7) is 1.06. The van der Waals surface area contributed by atoms with Gasteiger partial charge in [-0.3, -0.25) is 14.9 Å². The van der Waals surface area contributed by atoms with Crippen LogP contribution in [0.1, 0.15) is 15.9 Å². The van der Waals surface area contributed by atoms with E-state index in [4.69, 9.17) is 21.1 Å². The highest BCUT2D eigenvalue weighted by atomic mass is 35.5. The van der Waals surface area contributed by atoms with Crippen LogP contribution < -0.4 is 10.1 Å². The zero-order valence-corrected chi connectivity index (χ0v) is 14.7. The molecule has 2 aromatic rings. The summed E-state index contributed by atoms with van der Waals surface area (Å²) in [4.78, 5) is 34.3. The van der Waals surface area contributed by atoms with E-state index in [0.29, 0.717) is 11.3 Å². The largest absolute Gasteiger partial charge is 0.490 e.